The molecule has 1 aliphatic heterocycles. The van der Waals surface area contributed by atoms with Crippen LogP contribution in [0.25, 0.3) is 0 Å². The zero-order valence-corrected chi connectivity index (χ0v) is 11.0. The van der Waals surface area contributed by atoms with Gasteiger partial charge in [0.25, 0.3) is 0 Å². The molecule has 1 heterocycles. The molecule has 19 heavy (non-hydrogen) atoms. The van der Waals surface area contributed by atoms with Crippen molar-refractivity contribution in [1.82, 2.24) is 5.43 Å². The Kier molecular flexibility index (Phi) is 3.19. The third-order valence-corrected chi connectivity index (χ3v) is 3.26. The van der Waals surface area contributed by atoms with Gasteiger partial charge >= 0.3 is 0 Å². The van der Waals surface area contributed by atoms with Gasteiger partial charge in [-0.25, -0.2) is 0 Å². The largest absolute Gasteiger partial charge is 0.309 e. The van der Waals surface area contributed by atoms with Crippen LogP contribution in [-0.2, 0) is 6.42 Å². The number of aryl methyl sites for hydroxylation is 1. The predicted octanol–water partition coefficient (Wildman–Crippen LogP) is 2.92. The third-order valence-electron chi connectivity index (χ3n) is 3.26. The van der Waals surface area contributed by atoms with Crippen LogP contribution in [0, 0.1) is 6.92 Å². The zero-order valence-electron chi connectivity index (χ0n) is 11.0. The van der Waals surface area contributed by atoms with E-state index in [0.717, 1.165) is 18.9 Å². The molecular weight excluding hydrogens is 234 g/mol. The van der Waals surface area contributed by atoms with Crippen molar-refractivity contribution in [3.8, 4) is 0 Å². The van der Waals surface area contributed by atoms with Crippen molar-refractivity contribution in [3.05, 3.63) is 65.7 Å². The Morgan fingerprint density at radius 3 is 2.74 bits per heavy atom. The minimum absolute atomic E-state index is 0.741. The minimum atomic E-state index is 0.741. The van der Waals surface area contributed by atoms with Crippen LogP contribution in [0.4, 0.5) is 5.69 Å². The van der Waals surface area contributed by atoms with Gasteiger partial charge in [-0.2, -0.15) is 5.10 Å². The first-order valence-electron chi connectivity index (χ1n) is 6.50. The van der Waals surface area contributed by atoms with Gasteiger partial charge in [-0.15, -0.1) is 0 Å². The van der Waals surface area contributed by atoms with Crippen LogP contribution in [0.5, 0.6) is 0 Å². The number of anilines is 1. The van der Waals surface area contributed by atoms with Gasteiger partial charge in [0.15, 0.2) is 0 Å². The lowest BCUT2D eigenvalue weighted by atomic mass is 10.1. The topological polar surface area (TPSA) is 27.6 Å². The minimum Gasteiger partial charge on any atom is -0.309 e. The van der Waals surface area contributed by atoms with Crippen molar-refractivity contribution in [3.63, 3.8) is 0 Å². The molecule has 0 unspecified atom stereocenters. The van der Waals surface area contributed by atoms with Gasteiger partial charge in [-0.1, -0.05) is 48.0 Å². The van der Waals surface area contributed by atoms with Crippen LogP contribution < -0.4 is 10.3 Å². The maximum atomic E-state index is 4.41. The van der Waals surface area contributed by atoms with Gasteiger partial charge in [0.2, 0.25) is 0 Å². The van der Waals surface area contributed by atoms with Gasteiger partial charge in [0.05, 0.1) is 0 Å². The van der Waals surface area contributed by atoms with Crippen LogP contribution in [0.15, 0.2) is 59.7 Å². The fourth-order valence-corrected chi connectivity index (χ4v) is 2.34. The van der Waals surface area contributed by atoms with Crippen LogP contribution in [0.1, 0.15) is 11.1 Å². The first kappa shape index (κ1) is 11.8. The smallest absolute Gasteiger partial charge is 0.135 e. The quantitative estimate of drug-likeness (QED) is 0.908. The van der Waals surface area contributed by atoms with Crippen LogP contribution in [0.3, 0.4) is 0 Å². The highest BCUT2D eigenvalue weighted by Crippen LogP contribution is 2.17. The highest BCUT2D eigenvalue weighted by Gasteiger charge is 2.18. The Bertz CT molecular complexity index is 590. The fraction of sp³-hybridized carbons (Fsp3) is 0.188. The molecule has 2 aromatic rings. The number of nitrogens with zero attached hydrogens (tertiary/aromatic N) is 2. The Morgan fingerprint density at radius 1 is 1.11 bits per heavy atom. The number of hydrogen-bond acceptors (Lipinski definition) is 3. The summed E-state index contributed by atoms with van der Waals surface area (Å²) in [5, 5.41) is 4.41. The van der Waals surface area contributed by atoms with Gasteiger partial charge in [0.1, 0.15) is 12.5 Å². The normalized spacial score (nSPS) is 14.2. The van der Waals surface area contributed by atoms with Gasteiger partial charge in [-0.05, 0) is 24.6 Å². The van der Waals surface area contributed by atoms with E-state index in [2.05, 4.69) is 70.9 Å². The Labute approximate surface area is 113 Å². The van der Waals surface area contributed by atoms with Crippen molar-refractivity contribution in [1.29, 1.82) is 0 Å². The predicted molar refractivity (Wildman–Crippen MR) is 79.2 cm³/mol. The highest BCUT2D eigenvalue weighted by molar-refractivity contribution is 6.00. The molecule has 0 bridgehead atoms. The molecule has 0 aromatic heterocycles. The lowest BCUT2D eigenvalue weighted by molar-refractivity contribution is 0.807. The lowest BCUT2D eigenvalue weighted by Gasteiger charge is -2.19. The summed E-state index contributed by atoms with van der Waals surface area (Å²) in [5.41, 5.74) is 6.83. The van der Waals surface area contributed by atoms with Crippen molar-refractivity contribution in [2.24, 2.45) is 5.10 Å². The third kappa shape index (κ3) is 2.60. The maximum absolute atomic E-state index is 4.41. The Morgan fingerprint density at radius 2 is 1.95 bits per heavy atom. The molecule has 0 fully saturated rings. The van der Waals surface area contributed by atoms with Crippen molar-refractivity contribution < 1.29 is 0 Å². The summed E-state index contributed by atoms with van der Waals surface area (Å²) in [6, 6.07) is 18.9. The molecule has 0 saturated heterocycles. The summed E-state index contributed by atoms with van der Waals surface area (Å²) >= 11 is 0. The van der Waals surface area contributed by atoms with Crippen LogP contribution in [0.2, 0.25) is 0 Å². The molecule has 1 N–H and O–H groups in total. The molecule has 2 aromatic carbocycles. The van der Waals surface area contributed by atoms with Crippen molar-refractivity contribution >= 4 is 11.5 Å². The zero-order chi connectivity index (χ0) is 13.1. The number of hydrogen-bond donors (Lipinski definition) is 1. The molecular formula is C16H17N3. The first-order valence-corrected chi connectivity index (χ1v) is 6.50. The number of nitrogens with one attached hydrogen (secondary N) is 1. The molecule has 96 valence electrons. The van der Waals surface area contributed by atoms with E-state index in [1.54, 1.807) is 0 Å². The lowest BCUT2D eigenvalue weighted by Crippen LogP contribution is -2.30. The van der Waals surface area contributed by atoms with E-state index >= 15 is 0 Å². The van der Waals surface area contributed by atoms with E-state index in [4.69, 9.17) is 0 Å². The summed E-state index contributed by atoms with van der Waals surface area (Å²) in [6.45, 7) is 2.86. The summed E-state index contributed by atoms with van der Waals surface area (Å²) in [7, 11) is 0. The van der Waals surface area contributed by atoms with E-state index in [-0.39, 0.29) is 0 Å². The second kappa shape index (κ2) is 5.14. The van der Waals surface area contributed by atoms with E-state index in [9.17, 15) is 0 Å². The first-order chi connectivity index (χ1) is 9.33. The molecule has 3 heteroatoms. The molecule has 0 aliphatic carbocycles. The van der Waals surface area contributed by atoms with Gasteiger partial charge in [-0.3, -0.25) is 5.43 Å². The number of benzene rings is 2. The molecule has 0 radical (unpaired) electrons. The molecule has 3 nitrogen and oxygen atoms in total. The molecule has 0 amide bonds. The van der Waals surface area contributed by atoms with E-state index in [1.165, 1.54) is 16.8 Å². The fourth-order valence-electron chi connectivity index (χ4n) is 2.34. The number of amidine groups is 1. The Balaban J connectivity index is 1.81. The monoisotopic (exact) mass is 251 g/mol. The standard InChI is InChI=1S/C16H17N3/c1-13-6-5-7-14(10-13)11-16-18-17-12-19(16)15-8-3-2-4-9-15/h2-10,17H,11-12H2,1H3. The summed E-state index contributed by atoms with van der Waals surface area (Å²) in [5.74, 6) is 1.07. The van der Waals surface area contributed by atoms with Gasteiger partial charge in [0, 0.05) is 12.1 Å². The second-order valence-electron chi connectivity index (χ2n) is 4.77. The van der Waals surface area contributed by atoms with Crippen molar-refractivity contribution in [2.75, 3.05) is 11.6 Å². The Hall–Kier alpha value is -2.29. The number of rotatable bonds is 3. The molecule has 0 spiro atoms. The van der Waals surface area contributed by atoms with Crippen LogP contribution in [-0.4, -0.2) is 12.5 Å². The average molecular weight is 251 g/mol. The molecule has 0 saturated carbocycles. The molecule has 1 aliphatic rings. The maximum Gasteiger partial charge on any atom is 0.135 e. The molecule has 3 rings (SSSR count). The number of para-hydroxylation sites is 1. The van der Waals surface area contributed by atoms with E-state index in [1.807, 2.05) is 6.07 Å². The summed E-state index contributed by atoms with van der Waals surface area (Å²) < 4.78 is 0. The average Bonchev–Trinajstić information content (AvgIpc) is 2.88. The summed E-state index contributed by atoms with van der Waals surface area (Å²) in [4.78, 5) is 2.21. The van der Waals surface area contributed by atoms with Gasteiger partial charge < -0.3 is 4.90 Å². The SMILES string of the molecule is Cc1cccc(CC2=NNCN2c2ccccc2)c1. The van der Waals surface area contributed by atoms with Crippen LogP contribution >= 0.6 is 0 Å². The number of hydrazone groups is 1. The second-order valence-corrected chi connectivity index (χ2v) is 4.77. The summed E-state index contributed by atoms with van der Waals surface area (Å²) in [6.07, 6.45) is 0.851. The van der Waals surface area contributed by atoms with Crippen molar-refractivity contribution in [2.45, 2.75) is 13.3 Å². The molecule has 0 atom stereocenters. The van der Waals surface area contributed by atoms with E-state index in [0.29, 0.717) is 0 Å². The highest BCUT2D eigenvalue weighted by atomic mass is 15.5. The van der Waals surface area contributed by atoms with E-state index < -0.39 is 0 Å².